The van der Waals surface area contributed by atoms with E-state index in [1.165, 1.54) is 11.8 Å². The van der Waals surface area contributed by atoms with Crippen molar-refractivity contribution in [3.8, 4) is 11.4 Å². The number of rotatable bonds is 8. The highest BCUT2D eigenvalue weighted by molar-refractivity contribution is 7.99. The maximum Gasteiger partial charge on any atom is 0.230 e. The maximum absolute atomic E-state index is 12.0. The van der Waals surface area contributed by atoms with Crippen LogP contribution in [-0.4, -0.2) is 26.4 Å². The van der Waals surface area contributed by atoms with Crippen molar-refractivity contribution >= 4 is 29.3 Å². The van der Waals surface area contributed by atoms with Gasteiger partial charge in [-0.3, -0.25) is 4.79 Å². The molecule has 0 saturated heterocycles. The first-order valence-corrected chi connectivity index (χ1v) is 9.64. The summed E-state index contributed by atoms with van der Waals surface area (Å²) in [5, 5.41) is 12.8. The van der Waals surface area contributed by atoms with Gasteiger partial charge in [0.15, 0.2) is 11.0 Å². The number of hydrogen-bond acceptors (Lipinski definition) is 5. The van der Waals surface area contributed by atoms with Gasteiger partial charge in [0.1, 0.15) is 5.76 Å². The standard InChI is InChI=1S/C18H19ClN4O2S/c1-2-9-23-17(13-5-7-14(19)8-6-13)21-22-18(23)26-12-16(24)20-11-15-4-3-10-25-15/h3-8,10H,2,9,11-12H2,1H3,(H,20,24). The first-order chi connectivity index (χ1) is 12.7. The molecule has 1 N–H and O–H groups in total. The molecule has 6 nitrogen and oxygen atoms in total. The van der Waals surface area contributed by atoms with Crippen LogP contribution in [0.25, 0.3) is 11.4 Å². The molecule has 1 aromatic carbocycles. The lowest BCUT2D eigenvalue weighted by Gasteiger charge is -2.09. The molecule has 26 heavy (non-hydrogen) atoms. The Morgan fingerprint density at radius 3 is 2.77 bits per heavy atom. The van der Waals surface area contributed by atoms with E-state index >= 15 is 0 Å². The number of halogens is 1. The lowest BCUT2D eigenvalue weighted by atomic mass is 10.2. The molecule has 0 atom stereocenters. The molecule has 0 radical (unpaired) electrons. The van der Waals surface area contributed by atoms with Crippen LogP contribution >= 0.6 is 23.4 Å². The van der Waals surface area contributed by atoms with Crippen molar-refractivity contribution in [3.05, 3.63) is 53.4 Å². The van der Waals surface area contributed by atoms with Crippen LogP contribution in [0.4, 0.5) is 0 Å². The molecule has 2 heterocycles. The Morgan fingerprint density at radius 2 is 2.08 bits per heavy atom. The number of nitrogens with zero attached hydrogens (tertiary/aromatic N) is 3. The second-order valence-electron chi connectivity index (χ2n) is 5.61. The van der Waals surface area contributed by atoms with Crippen LogP contribution in [0.5, 0.6) is 0 Å². The molecule has 0 aliphatic heterocycles. The maximum atomic E-state index is 12.0. The number of carbonyl (C=O) groups is 1. The Hall–Kier alpha value is -2.25. The highest BCUT2D eigenvalue weighted by Crippen LogP contribution is 2.25. The lowest BCUT2D eigenvalue weighted by molar-refractivity contribution is -0.118. The molecule has 0 unspecified atom stereocenters. The van der Waals surface area contributed by atoms with Gasteiger partial charge < -0.3 is 14.3 Å². The van der Waals surface area contributed by atoms with Crippen molar-refractivity contribution in [2.75, 3.05) is 5.75 Å². The van der Waals surface area contributed by atoms with Crippen molar-refractivity contribution in [2.45, 2.75) is 31.6 Å². The predicted molar refractivity (Wildman–Crippen MR) is 102 cm³/mol. The molecule has 3 rings (SSSR count). The number of furan rings is 1. The average Bonchev–Trinajstić information content (AvgIpc) is 3.29. The van der Waals surface area contributed by atoms with Crippen molar-refractivity contribution in [1.82, 2.24) is 20.1 Å². The monoisotopic (exact) mass is 390 g/mol. The predicted octanol–water partition coefficient (Wildman–Crippen LogP) is 4.01. The normalized spacial score (nSPS) is 10.8. The second-order valence-corrected chi connectivity index (χ2v) is 6.99. The third-order valence-corrected chi connectivity index (χ3v) is 4.86. The van der Waals surface area contributed by atoms with Gasteiger partial charge in [0.2, 0.25) is 5.91 Å². The summed E-state index contributed by atoms with van der Waals surface area (Å²) in [5.41, 5.74) is 0.949. The number of hydrogen-bond donors (Lipinski definition) is 1. The van der Waals surface area contributed by atoms with E-state index in [4.69, 9.17) is 16.0 Å². The summed E-state index contributed by atoms with van der Waals surface area (Å²) in [6, 6.07) is 11.1. The summed E-state index contributed by atoms with van der Waals surface area (Å²) in [4.78, 5) is 12.0. The van der Waals surface area contributed by atoms with E-state index in [1.807, 2.05) is 34.9 Å². The summed E-state index contributed by atoms with van der Waals surface area (Å²) in [5.74, 6) is 1.69. The van der Waals surface area contributed by atoms with Crippen molar-refractivity contribution < 1.29 is 9.21 Å². The van der Waals surface area contributed by atoms with Gasteiger partial charge >= 0.3 is 0 Å². The number of carbonyl (C=O) groups excluding carboxylic acids is 1. The third-order valence-electron chi connectivity index (χ3n) is 3.64. The quantitative estimate of drug-likeness (QED) is 0.588. The lowest BCUT2D eigenvalue weighted by Crippen LogP contribution is -2.24. The third kappa shape index (κ3) is 4.68. The number of nitrogens with one attached hydrogen (secondary N) is 1. The molecule has 0 bridgehead atoms. The molecule has 0 spiro atoms. The average molecular weight is 391 g/mol. The van der Waals surface area contributed by atoms with E-state index in [1.54, 1.807) is 12.3 Å². The van der Waals surface area contributed by atoms with Crippen molar-refractivity contribution in [3.63, 3.8) is 0 Å². The molecule has 1 amide bonds. The van der Waals surface area contributed by atoms with E-state index < -0.39 is 0 Å². The summed E-state index contributed by atoms with van der Waals surface area (Å²) >= 11 is 7.33. The number of thioether (sulfide) groups is 1. The van der Waals surface area contributed by atoms with Crippen LogP contribution in [0.1, 0.15) is 19.1 Å². The van der Waals surface area contributed by atoms with E-state index in [2.05, 4.69) is 22.4 Å². The highest BCUT2D eigenvalue weighted by Gasteiger charge is 2.15. The molecule has 3 aromatic rings. The molecular formula is C18H19ClN4O2S. The molecule has 136 valence electrons. The minimum Gasteiger partial charge on any atom is -0.467 e. The Bertz CT molecular complexity index is 847. The Kier molecular flexibility index (Phi) is 6.35. The second kappa shape index (κ2) is 8.91. The zero-order valence-electron chi connectivity index (χ0n) is 14.3. The van der Waals surface area contributed by atoms with Crippen LogP contribution in [-0.2, 0) is 17.9 Å². The fourth-order valence-electron chi connectivity index (χ4n) is 2.41. The fraction of sp³-hybridized carbons (Fsp3) is 0.278. The van der Waals surface area contributed by atoms with Gasteiger partial charge in [-0.05, 0) is 42.8 Å². The smallest absolute Gasteiger partial charge is 0.230 e. The molecular weight excluding hydrogens is 372 g/mol. The topological polar surface area (TPSA) is 73.0 Å². The van der Waals surface area contributed by atoms with E-state index in [0.717, 1.165) is 35.3 Å². The van der Waals surface area contributed by atoms with Crippen LogP contribution in [0.3, 0.4) is 0 Å². The zero-order valence-corrected chi connectivity index (χ0v) is 15.9. The van der Waals surface area contributed by atoms with Gasteiger partial charge in [0.05, 0.1) is 18.6 Å². The van der Waals surface area contributed by atoms with Gasteiger partial charge in [-0.25, -0.2) is 0 Å². The number of amides is 1. The van der Waals surface area contributed by atoms with Gasteiger partial charge in [-0.1, -0.05) is 30.3 Å². The molecule has 0 aliphatic carbocycles. The Morgan fingerprint density at radius 1 is 1.27 bits per heavy atom. The number of aromatic nitrogens is 3. The summed E-state index contributed by atoms with van der Waals surface area (Å²) < 4.78 is 7.24. The zero-order chi connectivity index (χ0) is 18.4. The molecule has 0 saturated carbocycles. The minimum atomic E-state index is -0.0782. The van der Waals surface area contributed by atoms with Crippen LogP contribution in [0.15, 0.2) is 52.2 Å². The van der Waals surface area contributed by atoms with E-state index in [-0.39, 0.29) is 11.7 Å². The molecule has 2 aromatic heterocycles. The van der Waals surface area contributed by atoms with Gasteiger partial charge in [0.25, 0.3) is 0 Å². The summed E-state index contributed by atoms with van der Waals surface area (Å²) in [6.45, 7) is 3.25. The largest absolute Gasteiger partial charge is 0.467 e. The van der Waals surface area contributed by atoms with Crippen LogP contribution in [0, 0.1) is 0 Å². The van der Waals surface area contributed by atoms with Crippen LogP contribution < -0.4 is 5.32 Å². The van der Waals surface area contributed by atoms with Crippen molar-refractivity contribution in [1.29, 1.82) is 0 Å². The van der Waals surface area contributed by atoms with Gasteiger partial charge in [0, 0.05) is 17.1 Å². The first-order valence-electron chi connectivity index (χ1n) is 8.28. The van der Waals surface area contributed by atoms with E-state index in [9.17, 15) is 4.79 Å². The molecule has 0 aliphatic rings. The van der Waals surface area contributed by atoms with Crippen molar-refractivity contribution in [2.24, 2.45) is 0 Å². The Balaban J connectivity index is 1.65. The number of benzene rings is 1. The highest BCUT2D eigenvalue weighted by atomic mass is 35.5. The Labute approximate surface area is 160 Å². The summed E-state index contributed by atoms with van der Waals surface area (Å²) in [7, 11) is 0. The van der Waals surface area contributed by atoms with Gasteiger partial charge in [-0.2, -0.15) is 0 Å². The molecule has 0 fully saturated rings. The summed E-state index contributed by atoms with van der Waals surface area (Å²) in [6.07, 6.45) is 2.53. The first kappa shape index (κ1) is 18.5. The van der Waals surface area contributed by atoms with E-state index in [0.29, 0.717) is 11.6 Å². The minimum absolute atomic E-state index is 0.0782. The van der Waals surface area contributed by atoms with Gasteiger partial charge in [-0.15, -0.1) is 10.2 Å². The van der Waals surface area contributed by atoms with Crippen LogP contribution in [0.2, 0.25) is 5.02 Å². The fourth-order valence-corrected chi connectivity index (χ4v) is 3.33. The SMILES string of the molecule is CCCn1c(SCC(=O)NCc2ccco2)nnc1-c1ccc(Cl)cc1. The molecule has 8 heteroatoms.